The Morgan fingerprint density at radius 3 is 2.48 bits per heavy atom. The molecule has 0 N–H and O–H groups in total. The monoisotopic (exact) mass is 550 g/mol. The molecule has 6 aromatic rings. The number of rotatable bonds is 7. The number of thiazole rings is 1. The largest absolute Gasteiger partial charge is 0.487 e. The minimum absolute atomic E-state index is 0.161. The topological polar surface area (TPSA) is 117 Å². The molecule has 11 heteroatoms. The maximum atomic E-state index is 13.3. The fraction of sp³-hybridized carbons (Fsp3) is 0.103. The van der Waals surface area contributed by atoms with Crippen molar-refractivity contribution < 1.29 is 9.66 Å². The summed E-state index contributed by atoms with van der Waals surface area (Å²) in [4.78, 5) is 29.7. The van der Waals surface area contributed by atoms with E-state index in [2.05, 4.69) is 10.1 Å². The molecule has 0 fully saturated rings. The number of ether oxygens (including phenoxy) is 1. The van der Waals surface area contributed by atoms with Crippen LogP contribution in [0.25, 0.3) is 39.4 Å². The molecule has 3 aromatic heterocycles. The quantitative estimate of drug-likeness (QED) is 0.206. The van der Waals surface area contributed by atoms with Crippen LogP contribution < -0.4 is 14.8 Å². The van der Waals surface area contributed by atoms with E-state index >= 15 is 0 Å². The zero-order valence-corrected chi connectivity index (χ0v) is 22.3. The first-order chi connectivity index (χ1) is 19.4. The molecule has 0 saturated carbocycles. The highest BCUT2D eigenvalue weighted by atomic mass is 32.1. The van der Waals surface area contributed by atoms with Crippen LogP contribution in [0.5, 0.6) is 5.75 Å². The Balaban J connectivity index is 1.49. The molecule has 198 valence electrons. The number of hydrogen-bond acceptors (Lipinski definition) is 8. The fourth-order valence-corrected chi connectivity index (χ4v) is 5.21. The van der Waals surface area contributed by atoms with Gasteiger partial charge >= 0.3 is 5.69 Å². The number of nitro groups is 1. The van der Waals surface area contributed by atoms with Gasteiger partial charge in [-0.05, 0) is 44.2 Å². The van der Waals surface area contributed by atoms with E-state index in [0.717, 1.165) is 16.8 Å². The van der Waals surface area contributed by atoms with Crippen LogP contribution in [0.15, 0.2) is 83.8 Å². The predicted molar refractivity (Wildman–Crippen MR) is 153 cm³/mol. The first-order valence-corrected chi connectivity index (χ1v) is 13.3. The van der Waals surface area contributed by atoms with E-state index in [0.29, 0.717) is 38.7 Å². The first kappa shape index (κ1) is 25.1. The van der Waals surface area contributed by atoms with Crippen molar-refractivity contribution in [2.75, 3.05) is 6.61 Å². The maximum absolute atomic E-state index is 13.3. The number of aromatic nitrogens is 5. The van der Waals surface area contributed by atoms with Crippen molar-refractivity contribution in [1.82, 2.24) is 24.4 Å². The van der Waals surface area contributed by atoms with Crippen LogP contribution in [0, 0.1) is 17.0 Å². The van der Waals surface area contributed by atoms with Crippen LogP contribution in [0.3, 0.4) is 0 Å². The zero-order valence-electron chi connectivity index (χ0n) is 21.5. The van der Waals surface area contributed by atoms with Gasteiger partial charge in [-0.1, -0.05) is 59.4 Å². The lowest BCUT2D eigenvalue weighted by atomic mass is 10.1. The third-order valence-electron chi connectivity index (χ3n) is 6.27. The van der Waals surface area contributed by atoms with Gasteiger partial charge in [0.15, 0.2) is 11.6 Å². The minimum atomic E-state index is -0.479. The van der Waals surface area contributed by atoms with E-state index in [1.54, 1.807) is 36.0 Å². The molecule has 0 unspecified atom stereocenters. The lowest BCUT2D eigenvalue weighted by Crippen LogP contribution is -2.23. The van der Waals surface area contributed by atoms with E-state index in [9.17, 15) is 14.9 Å². The summed E-state index contributed by atoms with van der Waals surface area (Å²) in [7, 11) is 0. The van der Waals surface area contributed by atoms with Gasteiger partial charge < -0.3 is 4.74 Å². The number of fused-ring (bicyclic) bond motifs is 1. The van der Waals surface area contributed by atoms with Crippen LogP contribution >= 0.6 is 11.3 Å². The van der Waals surface area contributed by atoms with Gasteiger partial charge in [0.25, 0.3) is 5.56 Å². The molecular weight excluding hydrogens is 528 g/mol. The van der Waals surface area contributed by atoms with Crippen molar-refractivity contribution in [2.45, 2.75) is 13.8 Å². The molecule has 0 bridgehead atoms. The summed E-state index contributed by atoms with van der Waals surface area (Å²) in [5.41, 5.74) is 3.90. The Kier molecular flexibility index (Phi) is 6.40. The van der Waals surface area contributed by atoms with Crippen LogP contribution in [0.2, 0.25) is 0 Å². The average molecular weight is 551 g/mol. The molecule has 0 aliphatic carbocycles. The highest BCUT2D eigenvalue weighted by Crippen LogP contribution is 2.34. The summed E-state index contributed by atoms with van der Waals surface area (Å²) in [5, 5.41) is 21.0. The Labute approximate surface area is 231 Å². The van der Waals surface area contributed by atoms with Crippen LogP contribution in [0.4, 0.5) is 5.69 Å². The molecule has 0 aliphatic rings. The zero-order chi connectivity index (χ0) is 27.8. The van der Waals surface area contributed by atoms with Gasteiger partial charge in [0, 0.05) is 29.0 Å². The summed E-state index contributed by atoms with van der Waals surface area (Å²) >= 11 is 1.22. The van der Waals surface area contributed by atoms with Crippen LogP contribution in [-0.2, 0) is 0 Å². The molecule has 3 heterocycles. The second-order valence-corrected chi connectivity index (χ2v) is 10.0. The second kappa shape index (κ2) is 10.2. The van der Waals surface area contributed by atoms with E-state index in [1.807, 2.05) is 61.5 Å². The summed E-state index contributed by atoms with van der Waals surface area (Å²) in [6, 6.07) is 22.0. The second-order valence-electron chi connectivity index (χ2n) is 9.00. The number of nitrogens with zero attached hydrogens (tertiary/aromatic N) is 6. The molecule has 0 atom stereocenters. The fourth-order valence-electron chi connectivity index (χ4n) is 4.32. The summed E-state index contributed by atoms with van der Waals surface area (Å²) in [6.07, 6.45) is 3.51. The van der Waals surface area contributed by atoms with Crippen LogP contribution in [-0.4, -0.2) is 35.9 Å². The van der Waals surface area contributed by atoms with Crippen molar-refractivity contribution in [3.8, 4) is 34.1 Å². The number of hydrogen-bond donors (Lipinski definition) is 0. The highest BCUT2D eigenvalue weighted by molar-refractivity contribution is 7.15. The van der Waals surface area contributed by atoms with Crippen molar-refractivity contribution in [2.24, 2.45) is 0 Å². The number of benzene rings is 3. The first-order valence-electron chi connectivity index (χ1n) is 12.5. The third kappa shape index (κ3) is 4.63. The SMILES string of the molecule is CCOc1ccc(-c2nn(-c3ccccc3)cc2/C=c2\sc3nc(-c4ccc(C)cc4)nn3c2=O)cc1[N+](=O)[O-]. The summed E-state index contributed by atoms with van der Waals surface area (Å²) < 4.78 is 8.84. The van der Waals surface area contributed by atoms with E-state index in [-0.39, 0.29) is 17.0 Å². The van der Waals surface area contributed by atoms with Gasteiger partial charge in [-0.25, -0.2) is 4.68 Å². The standard InChI is InChI=1S/C29H22N6O4S/c1-3-39-24-14-13-20(15-23(24)35(37)38)26-21(17-33(31-26)22-7-5-4-6-8-22)16-25-28(36)34-29(40-25)30-27(32-34)19-11-9-18(2)10-12-19/h4-17H,3H2,1-2H3/b25-16-. The van der Waals surface area contributed by atoms with E-state index in [4.69, 9.17) is 9.84 Å². The summed E-state index contributed by atoms with van der Waals surface area (Å²) in [6.45, 7) is 4.07. The van der Waals surface area contributed by atoms with Gasteiger partial charge in [0.2, 0.25) is 4.96 Å². The average Bonchev–Trinajstić information content (AvgIpc) is 3.65. The molecule has 3 aromatic carbocycles. The van der Waals surface area contributed by atoms with Crippen molar-refractivity contribution in [3.05, 3.63) is 115 Å². The Bertz CT molecular complexity index is 1980. The van der Waals surface area contributed by atoms with Gasteiger partial charge in [-0.2, -0.15) is 14.6 Å². The van der Waals surface area contributed by atoms with Gasteiger partial charge in [-0.15, -0.1) is 5.10 Å². The molecule has 6 rings (SSSR count). The molecule has 0 amide bonds. The van der Waals surface area contributed by atoms with Crippen molar-refractivity contribution in [1.29, 1.82) is 0 Å². The number of nitro benzene ring substituents is 1. The normalized spacial score (nSPS) is 11.8. The lowest BCUT2D eigenvalue weighted by Gasteiger charge is -2.06. The number of para-hydroxylation sites is 1. The Hall–Kier alpha value is -5.16. The summed E-state index contributed by atoms with van der Waals surface area (Å²) in [5.74, 6) is 0.662. The molecule has 0 spiro atoms. The number of aryl methyl sites for hydroxylation is 1. The molecular formula is C29H22N6O4S. The molecule has 0 radical (unpaired) electrons. The minimum Gasteiger partial charge on any atom is -0.487 e. The lowest BCUT2D eigenvalue weighted by molar-refractivity contribution is -0.385. The van der Waals surface area contributed by atoms with Crippen molar-refractivity contribution >= 4 is 28.1 Å². The van der Waals surface area contributed by atoms with Gasteiger partial charge in [-0.3, -0.25) is 14.9 Å². The smallest absolute Gasteiger partial charge is 0.311 e. The van der Waals surface area contributed by atoms with Gasteiger partial charge in [0.1, 0.15) is 5.69 Å². The molecule has 0 saturated heterocycles. The van der Waals surface area contributed by atoms with E-state index < -0.39 is 4.92 Å². The predicted octanol–water partition coefficient (Wildman–Crippen LogP) is 4.83. The highest BCUT2D eigenvalue weighted by Gasteiger charge is 2.20. The molecule has 10 nitrogen and oxygen atoms in total. The third-order valence-corrected chi connectivity index (χ3v) is 7.23. The van der Waals surface area contributed by atoms with E-state index in [1.165, 1.54) is 21.9 Å². The molecule has 40 heavy (non-hydrogen) atoms. The van der Waals surface area contributed by atoms with Gasteiger partial charge in [0.05, 0.1) is 21.7 Å². The maximum Gasteiger partial charge on any atom is 0.311 e. The Morgan fingerprint density at radius 2 is 1.77 bits per heavy atom. The molecule has 0 aliphatic heterocycles. The van der Waals surface area contributed by atoms with Crippen LogP contribution in [0.1, 0.15) is 18.1 Å². The van der Waals surface area contributed by atoms with Crippen molar-refractivity contribution in [3.63, 3.8) is 0 Å². The Morgan fingerprint density at radius 1 is 1.02 bits per heavy atom.